The molecule has 1 aliphatic heterocycles. The quantitative estimate of drug-likeness (QED) is 0.672. The Hall–Kier alpha value is -3.23. The number of allylic oxidation sites excluding steroid dienone is 1. The Morgan fingerprint density at radius 1 is 1.12 bits per heavy atom. The fourth-order valence-electron chi connectivity index (χ4n) is 3.37. The van der Waals surface area contributed by atoms with Gasteiger partial charge in [-0.25, -0.2) is 19.9 Å². The van der Waals surface area contributed by atoms with E-state index in [0.29, 0.717) is 11.6 Å². The summed E-state index contributed by atoms with van der Waals surface area (Å²) >= 11 is 0. The smallest absolute Gasteiger partial charge is 0.222 e. The first kappa shape index (κ1) is 16.2. The van der Waals surface area contributed by atoms with Crippen LogP contribution in [0.3, 0.4) is 0 Å². The third kappa shape index (κ3) is 2.81. The van der Waals surface area contributed by atoms with Crippen LogP contribution in [0.15, 0.2) is 25.3 Å². The number of aromatic amines is 1. The Balaban J connectivity index is 1.57. The van der Waals surface area contributed by atoms with Gasteiger partial charge in [0.1, 0.15) is 17.7 Å². The van der Waals surface area contributed by atoms with Crippen molar-refractivity contribution < 1.29 is 0 Å². The fourth-order valence-corrected chi connectivity index (χ4v) is 3.37. The van der Waals surface area contributed by atoms with Crippen molar-refractivity contribution >= 4 is 28.7 Å². The van der Waals surface area contributed by atoms with E-state index in [2.05, 4.69) is 46.3 Å². The summed E-state index contributed by atoms with van der Waals surface area (Å²) in [6, 6.07) is 0. The summed E-state index contributed by atoms with van der Waals surface area (Å²) in [5.41, 5.74) is 9.43. The van der Waals surface area contributed by atoms with E-state index in [1.54, 1.807) is 12.7 Å². The molecule has 1 fully saturated rings. The van der Waals surface area contributed by atoms with Crippen molar-refractivity contribution in [2.24, 2.45) is 0 Å². The zero-order chi connectivity index (χ0) is 18.1. The maximum Gasteiger partial charge on any atom is 0.222 e. The van der Waals surface area contributed by atoms with Crippen LogP contribution in [-0.4, -0.2) is 56.1 Å². The number of imidazole rings is 1. The molecule has 0 amide bonds. The van der Waals surface area contributed by atoms with Crippen molar-refractivity contribution in [3.05, 3.63) is 36.6 Å². The number of hydrogen-bond acceptors (Lipinski definition) is 8. The predicted molar refractivity (Wildman–Crippen MR) is 101 cm³/mol. The molecule has 0 bridgehead atoms. The minimum atomic E-state index is 0.308. The molecule has 3 aromatic rings. The van der Waals surface area contributed by atoms with Gasteiger partial charge in [-0.2, -0.15) is 4.98 Å². The molecule has 0 atom stereocenters. The summed E-state index contributed by atoms with van der Waals surface area (Å²) in [6.45, 7) is 9.09. The second-order valence-electron chi connectivity index (χ2n) is 6.23. The molecule has 4 heterocycles. The Morgan fingerprint density at radius 2 is 1.85 bits per heavy atom. The van der Waals surface area contributed by atoms with E-state index in [-0.39, 0.29) is 0 Å². The number of H-pyrrole nitrogens is 1. The normalized spacial score (nSPS) is 14.8. The molecule has 134 valence electrons. The van der Waals surface area contributed by atoms with Crippen molar-refractivity contribution in [2.45, 2.75) is 13.3 Å². The highest BCUT2D eigenvalue weighted by atomic mass is 15.3. The number of nitrogens with one attached hydrogen (secondary N) is 1. The minimum Gasteiger partial charge on any atom is -0.368 e. The van der Waals surface area contributed by atoms with Gasteiger partial charge in [0.25, 0.3) is 0 Å². The van der Waals surface area contributed by atoms with Gasteiger partial charge in [0.05, 0.1) is 6.33 Å². The first-order valence-corrected chi connectivity index (χ1v) is 8.55. The molecule has 0 aromatic carbocycles. The monoisotopic (exact) mass is 351 g/mol. The number of aromatic nitrogens is 6. The maximum absolute atomic E-state index is 5.89. The van der Waals surface area contributed by atoms with Crippen LogP contribution in [0.1, 0.15) is 11.3 Å². The van der Waals surface area contributed by atoms with Gasteiger partial charge in [-0.05, 0) is 13.3 Å². The van der Waals surface area contributed by atoms with Crippen LogP contribution in [0.4, 0.5) is 17.6 Å². The number of nitrogen functional groups attached to an aromatic ring is 1. The molecule has 26 heavy (non-hydrogen) atoms. The van der Waals surface area contributed by atoms with E-state index >= 15 is 0 Å². The van der Waals surface area contributed by atoms with Gasteiger partial charge in [0, 0.05) is 37.4 Å². The number of nitrogens with zero attached hydrogens (tertiary/aromatic N) is 7. The van der Waals surface area contributed by atoms with E-state index < -0.39 is 0 Å². The number of fused-ring (bicyclic) bond motifs is 1. The molecular formula is C17H21N9. The van der Waals surface area contributed by atoms with E-state index in [0.717, 1.165) is 61.0 Å². The summed E-state index contributed by atoms with van der Waals surface area (Å²) in [4.78, 5) is 29.2. The van der Waals surface area contributed by atoms with E-state index in [9.17, 15) is 0 Å². The molecule has 0 unspecified atom stereocenters. The summed E-state index contributed by atoms with van der Waals surface area (Å²) in [5, 5.41) is 0. The van der Waals surface area contributed by atoms with Crippen LogP contribution >= 0.6 is 0 Å². The lowest BCUT2D eigenvalue weighted by Crippen LogP contribution is -2.47. The zero-order valence-electron chi connectivity index (χ0n) is 14.7. The lowest BCUT2D eigenvalue weighted by molar-refractivity contribution is 0.639. The topological polar surface area (TPSA) is 113 Å². The molecular weight excluding hydrogens is 330 g/mol. The van der Waals surface area contributed by atoms with Crippen molar-refractivity contribution in [1.29, 1.82) is 0 Å². The molecule has 0 aliphatic carbocycles. The van der Waals surface area contributed by atoms with Crippen molar-refractivity contribution in [1.82, 2.24) is 29.9 Å². The average Bonchev–Trinajstić information content (AvgIpc) is 3.13. The number of piperazine rings is 1. The van der Waals surface area contributed by atoms with E-state index in [1.165, 1.54) is 0 Å². The number of hydrogen-bond donors (Lipinski definition) is 2. The second-order valence-corrected chi connectivity index (χ2v) is 6.23. The molecule has 3 aromatic heterocycles. The van der Waals surface area contributed by atoms with Gasteiger partial charge in [0.2, 0.25) is 5.95 Å². The maximum atomic E-state index is 5.89. The van der Waals surface area contributed by atoms with Gasteiger partial charge in [0.15, 0.2) is 11.5 Å². The lowest BCUT2D eigenvalue weighted by atomic mass is 10.1. The van der Waals surface area contributed by atoms with Crippen LogP contribution in [0.2, 0.25) is 0 Å². The largest absolute Gasteiger partial charge is 0.368 e. The first-order valence-electron chi connectivity index (χ1n) is 8.55. The summed E-state index contributed by atoms with van der Waals surface area (Å²) < 4.78 is 0. The Kier molecular flexibility index (Phi) is 4.11. The molecule has 4 rings (SSSR count). The van der Waals surface area contributed by atoms with Crippen molar-refractivity contribution in [2.75, 3.05) is 41.7 Å². The molecule has 9 nitrogen and oxygen atoms in total. The molecule has 3 N–H and O–H groups in total. The standard InChI is InChI=1S/C17H21N9/c1-3-4-12-11(2)23-17(18)24-15(12)25-5-7-26(8-6-25)16-13-14(20-9-19-13)21-10-22-16/h3,9-10H,1,4-8H2,2H3,(H2,18,23,24)(H,19,20,21,22). The van der Waals surface area contributed by atoms with Gasteiger partial charge < -0.3 is 20.5 Å². The van der Waals surface area contributed by atoms with E-state index in [1.807, 2.05) is 13.0 Å². The molecule has 1 saturated heterocycles. The number of nitrogens with two attached hydrogens (primary N) is 1. The molecule has 0 saturated carbocycles. The fraction of sp³-hybridized carbons (Fsp3) is 0.353. The van der Waals surface area contributed by atoms with Crippen molar-refractivity contribution in [3.63, 3.8) is 0 Å². The Labute approximate surface area is 151 Å². The highest BCUT2D eigenvalue weighted by Gasteiger charge is 2.24. The second kappa shape index (κ2) is 6.58. The number of rotatable bonds is 4. The average molecular weight is 351 g/mol. The van der Waals surface area contributed by atoms with Gasteiger partial charge in [-0.3, -0.25) is 0 Å². The Bertz CT molecular complexity index is 941. The third-order valence-electron chi connectivity index (χ3n) is 4.64. The van der Waals surface area contributed by atoms with Crippen LogP contribution in [0.5, 0.6) is 0 Å². The summed E-state index contributed by atoms with van der Waals surface area (Å²) in [7, 11) is 0. The van der Waals surface area contributed by atoms with Crippen LogP contribution < -0.4 is 15.5 Å². The highest BCUT2D eigenvalue weighted by molar-refractivity contribution is 5.82. The minimum absolute atomic E-state index is 0.308. The summed E-state index contributed by atoms with van der Waals surface area (Å²) in [5.74, 6) is 2.10. The van der Waals surface area contributed by atoms with Crippen molar-refractivity contribution in [3.8, 4) is 0 Å². The molecule has 1 aliphatic rings. The zero-order valence-corrected chi connectivity index (χ0v) is 14.7. The van der Waals surface area contributed by atoms with Gasteiger partial charge in [-0.15, -0.1) is 6.58 Å². The molecule has 0 spiro atoms. The highest BCUT2D eigenvalue weighted by Crippen LogP contribution is 2.26. The van der Waals surface area contributed by atoms with Gasteiger partial charge in [-0.1, -0.05) is 6.08 Å². The molecule has 0 radical (unpaired) electrons. The van der Waals surface area contributed by atoms with Crippen LogP contribution in [0, 0.1) is 6.92 Å². The first-order chi connectivity index (χ1) is 12.7. The number of anilines is 3. The number of aryl methyl sites for hydroxylation is 1. The third-order valence-corrected chi connectivity index (χ3v) is 4.64. The van der Waals surface area contributed by atoms with Crippen LogP contribution in [0.25, 0.3) is 11.2 Å². The molecule has 9 heteroatoms. The van der Waals surface area contributed by atoms with E-state index in [4.69, 9.17) is 5.73 Å². The predicted octanol–water partition coefficient (Wildman–Crippen LogP) is 1.09. The van der Waals surface area contributed by atoms with Crippen LogP contribution in [-0.2, 0) is 6.42 Å². The van der Waals surface area contributed by atoms with Gasteiger partial charge >= 0.3 is 0 Å². The SMILES string of the molecule is C=CCc1c(C)nc(N)nc1N1CCN(c2ncnc3nc[nH]c23)CC1. The summed E-state index contributed by atoms with van der Waals surface area (Å²) in [6.07, 6.45) is 5.80. The lowest BCUT2D eigenvalue weighted by Gasteiger charge is -2.37. The Morgan fingerprint density at radius 3 is 2.58 bits per heavy atom.